The van der Waals surface area contributed by atoms with Crippen LogP contribution in [0.4, 0.5) is 0 Å². The zero-order valence-corrected chi connectivity index (χ0v) is 13.1. The maximum Gasteiger partial charge on any atom is 0.326 e. The Morgan fingerprint density at radius 1 is 1.30 bits per heavy atom. The van der Waals surface area contributed by atoms with Crippen LogP contribution in [0.5, 0.6) is 0 Å². The van der Waals surface area contributed by atoms with Crippen LogP contribution in [-0.4, -0.2) is 42.6 Å². The molecule has 2 saturated carbocycles. The third-order valence-electron chi connectivity index (χ3n) is 5.31. The van der Waals surface area contributed by atoms with Crippen LogP contribution in [0, 0.1) is 5.92 Å². The predicted molar refractivity (Wildman–Crippen MR) is 80.4 cm³/mol. The van der Waals surface area contributed by atoms with Gasteiger partial charge in [0.1, 0.15) is 5.54 Å². The van der Waals surface area contributed by atoms with E-state index >= 15 is 0 Å². The number of hydrogen-bond donors (Lipinski definition) is 1. The van der Waals surface area contributed by atoms with Crippen LogP contribution in [0.1, 0.15) is 58.3 Å². The second-order valence-corrected chi connectivity index (χ2v) is 6.56. The van der Waals surface area contributed by atoms with Crippen molar-refractivity contribution in [3.05, 3.63) is 0 Å². The van der Waals surface area contributed by atoms with E-state index in [9.17, 15) is 4.79 Å². The molecule has 2 aliphatic rings. The molecule has 0 radical (unpaired) electrons. The first-order chi connectivity index (χ1) is 9.58. The largest absolute Gasteiger partial charge is 0.465 e. The molecule has 0 spiro atoms. The number of ether oxygens (including phenoxy) is 1. The molecule has 2 atom stereocenters. The summed E-state index contributed by atoms with van der Waals surface area (Å²) in [6.45, 7) is 3.32. The van der Waals surface area contributed by atoms with Crippen molar-refractivity contribution in [2.45, 2.75) is 69.9 Å². The fraction of sp³-hybridized carbons (Fsp3) is 0.938. The molecule has 20 heavy (non-hydrogen) atoms. The van der Waals surface area contributed by atoms with Gasteiger partial charge in [-0.3, -0.25) is 4.79 Å². The van der Waals surface area contributed by atoms with Gasteiger partial charge >= 0.3 is 5.97 Å². The lowest BCUT2D eigenvalue weighted by Crippen LogP contribution is -2.52. The molecule has 4 nitrogen and oxygen atoms in total. The Kier molecular flexibility index (Phi) is 5.44. The topological polar surface area (TPSA) is 55.6 Å². The highest BCUT2D eigenvalue weighted by molar-refractivity contribution is 5.81. The Morgan fingerprint density at radius 3 is 2.65 bits per heavy atom. The van der Waals surface area contributed by atoms with E-state index < -0.39 is 5.54 Å². The summed E-state index contributed by atoms with van der Waals surface area (Å²) in [7, 11) is 2.22. The van der Waals surface area contributed by atoms with E-state index in [1.165, 1.54) is 25.7 Å². The number of carbonyl (C=O) groups is 1. The van der Waals surface area contributed by atoms with Gasteiger partial charge in [-0.25, -0.2) is 0 Å². The van der Waals surface area contributed by atoms with E-state index in [-0.39, 0.29) is 11.9 Å². The van der Waals surface area contributed by atoms with E-state index in [0.29, 0.717) is 6.61 Å². The van der Waals surface area contributed by atoms with Crippen molar-refractivity contribution >= 4 is 5.97 Å². The fourth-order valence-electron chi connectivity index (χ4n) is 3.93. The monoisotopic (exact) mass is 282 g/mol. The quantitative estimate of drug-likeness (QED) is 0.760. The molecule has 0 heterocycles. The summed E-state index contributed by atoms with van der Waals surface area (Å²) >= 11 is 0. The number of nitrogens with zero attached hydrogens (tertiary/aromatic N) is 1. The van der Waals surface area contributed by atoms with Gasteiger partial charge in [0.05, 0.1) is 6.61 Å². The van der Waals surface area contributed by atoms with Crippen LogP contribution in [0.15, 0.2) is 0 Å². The minimum absolute atomic E-state index is 0.189. The first kappa shape index (κ1) is 15.8. The molecule has 4 heteroatoms. The number of carbonyl (C=O) groups excluding carboxylic acids is 1. The smallest absolute Gasteiger partial charge is 0.326 e. The molecule has 0 bridgehead atoms. The summed E-state index contributed by atoms with van der Waals surface area (Å²) in [4.78, 5) is 14.6. The summed E-state index contributed by atoms with van der Waals surface area (Å²) in [5.74, 6) is 0.0939. The molecular formula is C16H30N2O2. The summed E-state index contributed by atoms with van der Waals surface area (Å²) in [6.07, 6.45) is 9.29. The first-order valence-electron chi connectivity index (χ1n) is 8.24. The van der Waals surface area contributed by atoms with Gasteiger partial charge in [0.25, 0.3) is 0 Å². The maximum absolute atomic E-state index is 12.1. The number of nitrogens with two attached hydrogens (primary N) is 1. The van der Waals surface area contributed by atoms with E-state index in [0.717, 1.165) is 38.3 Å². The molecule has 2 rings (SSSR count). The van der Waals surface area contributed by atoms with Gasteiger partial charge in [0.15, 0.2) is 0 Å². The third kappa shape index (κ3) is 3.34. The Morgan fingerprint density at radius 2 is 2.00 bits per heavy atom. The van der Waals surface area contributed by atoms with Gasteiger partial charge in [0.2, 0.25) is 0 Å². The minimum Gasteiger partial charge on any atom is -0.465 e. The summed E-state index contributed by atoms with van der Waals surface area (Å²) in [5.41, 5.74) is 5.65. The molecule has 0 aromatic heterocycles. The maximum atomic E-state index is 12.1. The second-order valence-electron chi connectivity index (χ2n) is 6.56. The zero-order chi connectivity index (χ0) is 14.6. The lowest BCUT2D eigenvalue weighted by molar-refractivity contribution is -0.151. The van der Waals surface area contributed by atoms with Crippen molar-refractivity contribution in [2.24, 2.45) is 11.7 Å². The van der Waals surface area contributed by atoms with Gasteiger partial charge in [-0.05, 0) is 58.5 Å². The van der Waals surface area contributed by atoms with Crippen molar-refractivity contribution in [1.29, 1.82) is 0 Å². The Bertz CT molecular complexity index is 328. The summed E-state index contributed by atoms with van der Waals surface area (Å²) in [6, 6.07) is 0.742. The zero-order valence-electron chi connectivity index (χ0n) is 13.1. The summed E-state index contributed by atoms with van der Waals surface area (Å²) < 4.78 is 5.19. The van der Waals surface area contributed by atoms with Crippen LogP contribution in [0.2, 0.25) is 0 Å². The van der Waals surface area contributed by atoms with Crippen LogP contribution >= 0.6 is 0 Å². The van der Waals surface area contributed by atoms with Crippen molar-refractivity contribution in [3.8, 4) is 0 Å². The van der Waals surface area contributed by atoms with Gasteiger partial charge in [-0.1, -0.05) is 19.3 Å². The third-order valence-corrected chi connectivity index (χ3v) is 5.31. The molecule has 0 aromatic carbocycles. The molecule has 0 aliphatic heterocycles. The van der Waals surface area contributed by atoms with Gasteiger partial charge in [-0.15, -0.1) is 0 Å². The normalized spacial score (nSPS) is 31.1. The molecule has 0 saturated heterocycles. The highest BCUT2D eigenvalue weighted by Crippen LogP contribution is 2.37. The lowest BCUT2D eigenvalue weighted by Gasteiger charge is -2.31. The second kappa shape index (κ2) is 6.90. The molecule has 116 valence electrons. The average molecular weight is 282 g/mol. The van der Waals surface area contributed by atoms with Crippen molar-refractivity contribution in [1.82, 2.24) is 4.90 Å². The Hall–Kier alpha value is -0.610. The van der Waals surface area contributed by atoms with Crippen LogP contribution in [0.25, 0.3) is 0 Å². The summed E-state index contributed by atoms with van der Waals surface area (Å²) in [5, 5.41) is 0. The molecule has 2 fully saturated rings. The van der Waals surface area contributed by atoms with E-state index in [1.807, 2.05) is 6.92 Å². The standard InChI is InChI=1S/C16H30N2O2/c1-3-20-15(19)16(17)11-6-7-13(16)10-12-18(2)14-8-4-5-9-14/h13-14H,3-12,17H2,1-2H3. The predicted octanol–water partition coefficient (Wildman–Crippen LogP) is 2.31. The van der Waals surface area contributed by atoms with E-state index in [4.69, 9.17) is 10.5 Å². The Balaban J connectivity index is 1.85. The minimum atomic E-state index is -0.730. The van der Waals surface area contributed by atoms with Crippen LogP contribution in [0.3, 0.4) is 0 Å². The molecule has 2 N–H and O–H groups in total. The molecule has 0 amide bonds. The lowest BCUT2D eigenvalue weighted by atomic mass is 9.85. The highest BCUT2D eigenvalue weighted by atomic mass is 16.5. The molecule has 2 aliphatic carbocycles. The number of esters is 1. The van der Waals surface area contributed by atoms with Gasteiger partial charge < -0.3 is 15.4 Å². The highest BCUT2D eigenvalue weighted by Gasteiger charge is 2.46. The fourth-order valence-corrected chi connectivity index (χ4v) is 3.93. The SMILES string of the molecule is CCOC(=O)C1(N)CCCC1CCN(C)C1CCCC1. The molecule has 0 aromatic rings. The van der Waals surface area contributed by atoms with Gasteiger partial charge in [-0.2, -0.15) is 0 Å². The van der Waals surface area contributed by atoms with Crippen molar-refractivity contribution in [2.75, 3.05) is 20.2 Å². The van der Waals surface area contributed by atoms with Gasteiger partial charge in [0, 0.05) is 6.04 Å². The van der Waals surface area contributed by atoms with E-state index in [1.54, 1.807) is 0 Å². The van der Waals surface area contributed by atoms with Crippen molar-refractivity contribution < 1.29 is 9.53 Å². The van der Waals surface area contributed by atoms with Crippen LogP contribution < -0.4 is 5.73 Å². The average Bonchev–Trinajstić information content (AvgIpc) is 3.06. The van der Waals surface area contributed by atoms with Crippen LogP contribution in [-0.2, 0) is 9.53 Å². The number of hydrogen-bond acceptors (Lipinski definition) is 4. The first-order valence-corrected chi connectivity index (χ1v) is 8.24. The van der Waals surface area contributed by atoms with Crippen molar-refractivity contribution in [3.63, 3.8) is 0 Å². The number of rotatable bonds is 6. The Labute approximate surface area is 123 Å². The van der Waals surface area contributed by atoms with E-state index in [2.05, 4.69) is 11.9 Å². The molecular weight excluding hydrogens is 252 g/mol. The molecule has 2 unspecified atom stereocenters.